The van der Waals surface area contributed by atoms with Crippen molar-refractivity contribution in [3.63, 3.8) is 0 Å². The van der Waals surface area contributed by atoms with Gasteiger partial charge in [0.15, 0.2) is 5.16 Å². The first-order valence-corrected chi connectivity index (χ1v) is 10.1. The number of imidazole rings is 1. The third kappa shape index (κ3) is 4.27. The van der Waals surface area contributed by atoms with Crippen LogP contribution in [-0.4, -0.2) is 26.8 Å². The number of carbonyl (C=O) groups is 1. The van der Waals surface area contributed by atoms with Gasteiger partial charge in [0.25, 0.3) is 0 Å². The summed E-state index contributed by atoms with van der Waals surface area (Å²) in [4.78, 5) is 16.7. The van der Waals surface area contributed by atoms with Gasteiger partial charge in [0.05, 0.1) is 28.4 Å². The minimum absolute atomic E-state index is 0.0448. The number of rotatable bonds is 7. The Labute approximate surface area is 165 Å². The summed E-state index contributed by atoms with van der Waals surface area (Å²) >= 11 is 1.17. The van der Waals surface area contributed by atoms with E-state index in [9.17, 15) is 23.2 Å². The predicted octanol–water partition coefficient (Wildman–Crippen LogP) is 4.37. The van der Waals surface area contributed by atoms with Crippen molar-refractivity contribution in [1.29, 1.82) is 5.26 Å². The molecule has 0 saturated heterocycles. The van der Waals surface area contributed by atoms with Gasteiger partial charge in [-0.15, -0.1) is 0 Å². The van der Waals surface area contributed by atoms with E-state index in [4.69, 9.17) is 0 Å². The molecule has 1 aromatic heterocycles. The highest BCUT2D eigenvalue weighted by molar-refractivity contribution is 7.99. The Morgan fingerprint density at radius 1 is 1.43 bits per heavy atom. The van der Waals surface area contributed by atoms with Crippen molar-refractivity contribution in [1.82, 2.24) is 14.9 Å². The van der Waals surface area contributed by atoms with Crippen LogP contribution in [0, 0.1) is 17.2 Å². The molecule has 1 atom stereocenters. The molecule has 1 aliphatic carbocycles. The minimum atomic E-state index is -4.42. The van der Waals surface area contributed by atoms with E-state index in [1.807, 2.05) is 6.92 Å². The van der Waals surface area contributed by atoms with Crippen molar-refractivity contribution in [2.24, 2.45) is 5.92 Å². The molecule has 1 heterocycles. The highest BCUT2D eigenvalue weighted by Gasteiger charge is 2.43. The smallest absolute Gasteiger partial charge is 0.337 e. The summed E-state index contributed by atoms with van der Waals surface area (Å²) in [5, 5.41) is 12.6. The van der Waals surface area contributed by atoms with Gasteiger partial charge in [-0.1, -0.05) is 18.7 Å². The number of hydrogen-bond donors (Lipinski definition) is 1. The molecule has 0 spiro atoms. The Morgan fingerprint density at radius 3 is 2.71 bits per heavy atom. The van der Waals surface area contributed by atoms with Crippen molar-refractivity contribution in [3.05, 3.63) is 23.8 Å². The molecule has 1 aromatic carbocycles. The number of nitrogens with one attached hydrogen (secondary N) is 1. The van der Waals surface area contributed by atoms with Gasteiger partial charge in [0.2, 0.25) is 5.91 Å². The van der Waals surface area contributed by atoms with Crippen LogP contribution in [0.15, 0.2) is 23.4 Å². The zero-order chi connectivity index (χ0) is 20.5. The Morgan fingerprint density at radius 2 is 2.14 bits per heavy atom. The van der Waals surface area contributed by atoms with Crippen LogP contribution in [0.3, 0.4) is 0 Å². The van der Waals surface area contributed by atoms with Gasteiger partial charge in [-0.25, -0.2) is 4.98 Å². The molecule has 0 radical (unpaired) electrons. The predicted molar refractivity (Wildman–Crippen MR) is 101 cm³/mol. The standard InChI is InChI=1S/C19H21F3N4OS/c1-3-8-26-15-9-13(19(20,21)22)6-7-14(15)24-17(26)28-10-16(27)25-18(2,11-23)12-4-5-12/h6-7,9,12H,3-5,8,10H2,1-2H3,(H,25,27)/t18-/m0/s1. The fourth-order valence-electron chi connectivity index (χ4n) is 3.16. The first-order chi connectivity index (χ1) is 13.2. The maximum atomic E-state index is 13.0. The number of alkyl halides is 3. The summed E-state index contributed by atoms with van der Waals surface area (Å²) in [6.07, 6.45) is -1.86. The second kappa shape index (κ2) is 7.66. The number of aryl methyl sites for hydroxylation is 1. The number of amides is 1. The number of halogens is 3. The molecule has 1 amide bonds. The zero-order valence-corrected chi connectivity index (χ0v) is 16.5. The van der Waals surface area contributed by atoms with Crippen LogP contribution in [0.25, 0.3) is 11.0 Å². The largest absolute Gasteiger partial charge is 0.416 e. The van der Waals surface area contributed by atoms with Gasteiger partial charge in [-0.3, -0.25) is 4.79 Å². The minimum Gasteiger partial charge on any atom is -0.337 e. The van der Waals surface area contributed by atoms with Gasteiger partial charge in [0, 0.05) is 6.54 Å². The van der Waals surface area contributed by atoms with Crippen LogP contribution in [0.4, 0.5) is 13.2 Å². The molecule has 0 unspecified atom stereocenters. The number of benzene rings is 1. The Hall–Kier alpha value is -2.21. The molecule has 9 heteroatoms. The highest BCUT2D eigenvalue weighted by Crippen LogP contribution is 2.39. The van der Waals surface area contributed by atoms with E-state index in [0.717, 1.165) is 31.4 Å². The molecule has 5 nitrogen and oxygen atoms in total. The van der Waals surface area contributed by atoms with E-state index < -0.39 is 17.3 Å². The number of nitrogens with zero attached hydrogens (tertiary/aromatic N) is 3. The van der Waals surface area contributed by atoms with Crippen LogP contribution in [0.2, 0.25) is 0 Å². The molecular formula is C19H21F3N4OS. The Balaban J connectivity index is 1.79. The number of aromatic nitrogens is 2. The average molecular weight is 410 g/mol. The summed E-state index contributed by atoms with van der Waals surface area (Å²) in [6, 6.07) is 5.64. The summed E-state index contributed by atoms with van der Waals surface area (Å²) in [5.41, 5.74) is -0.729. The van der Waals surface area contributed by atoms with E-state index in [1.165, 1.54) is 17.8 Å². The van der Waals surface area contributed by atoms with Crippen molar-refractivity contribution in [2.45, 2.75) is 56.5 Å². The molecule has 0 aliphatic heterocycles. The average Bonchev–Trinajstić information content (AvgIpc) is 3.44. The molecule has 1 fully saturated rings. The summed E-state index contributed by atoms with van der Waals surface area (Å²) in [5.74, 6) is -0.0627. The van der Waals surface area contributed by atoms with E-state index >= 15 is 0 Å². The lowest BCUT2D eigenvalue weighted by atomic mass is 9.98. The third-order valence-corrected chi connectivity index (χ3v) is 5.82. The second-order valence-corrected chi connectivity index (χ2v) is 8.12. The van der Waals surface area contributed by atoms with Gasteiger partial charge in [0.1, 0.15) is 5.54 Å². The molecule has 1 aliphatic rings. The maximum absolute atomic E-state index is 13.0. The summed E-state index contributed by atoms with van der Waals surface area (Å²) < 4.78 is 40.8. The fourth-order valence-corrected chi connectivity index (χ4v) is 4.01. The number of thioether (sulfide) groups is 1. The van der Waals surface area contributed by atoms with Crippen LogP contribution in [-0.2, 0) is 17.5 Å². The quantitative estimate of drug-likeness (QED) is 0.689. The van der Waals surface area contributed by atoms with Gasteiger partial charge >= 0.3 is 6.18 Å². The second-order valence-electron chi connectivity index (χ2n) is 7.17. The van der Waals surface area contributed by atoms with E-state index in [0.29, 0.717) is 22.7 Å². The fraction of sp³-hybridized carbons (Fsp3) is 0.526. The van der Waals surface area contributed by atoms with E-state index in [2.05, 4.69) is 16.4 Å². The molecule has 28 heavy (non-hydrogen) atoms. The molecule has 1 N–H and O–H groups in total. The molecule has 3 rings (SSSR count). The number of nitriles is 1. The van der Waals surface area contributed by atoms with Crippen molar-refractivity contribution in [3.8, 4) is 6.07 Å². The van der Waals surface area contributed by atoms with Crippen molar-refractivity contribution in [2.75, 3.05) is 5.75 Å². The van der Waals surface area contributed by atoms with Crippen LogP contribution < -0.4 is 5.32 Å². The van der Waals surface area contributed by atoms with Crippen molar-refractivity contribution >= 4 is 28.7 Å². The zero-order valence-electron chi connectivity index (χ0n) is 15.6. The molecular weight excluding hydrogens is 389 g/mol. The lowest BCUT2D eigenvalue weighted by molar-refractivity contribution is -0.137. The first-order valence-electron chi connectivity index (χ1n) is 9.10. The van der Waals surface area contributed by atoms with Crippen LogP contribution >= 0.6 is 11.8 Å². The molecule has 150 valence electrons. The summed E-state index contributed by atoms with van der Waals surface area (Å²) in [7, 11) is 0. The topological polar surface area (TPSA) is 70.7 Å². The van der Waals surface area contributed by atoms with E-state index in [1.54, 1.807) is 11.5 Å². The SMILES string of the molecule is CCCn1c(SCC(=O)N[C@@](C)(C#N)C2CC2)nc2ccc(C(F)(F)F)cc21. The Bertz CT molecular complexity index is 930. The summed E-state index contributed by atoms with van der Waals surface area (Å²) in [6.45, 7) is 4.15. The number of hydrogen-bond acceptors (Lipinski definition) is 4. The van der Waals surface area contributed by atoms with Crippen LogP contribution in [0.5, 0.6) is 0 Å². The van der Waals surface area contributed by atoms with Gasteiger partial charge in [-0.2, -0.15) is 18.4 Å². The van der Waals surface area contributed by atoms with Crippen LogP contribution in [0.1, 0.15) is 38.7 Å². The lowest BCUT2D eigenvalue weighted by Gasteiger charge is -2.22. The normalized spacial score (nSPS) is 16.6. The lowest BCUT2D eigenvalue weighted by Crippen LogP contribution is -2.47. The number of fused-ring (bicyclic) bond motifs is 1. The molecule has 1 saturated carbocycles. The third-order valence-electron chi connectivity index (χ3n) is 4.85. The molecule has 2 aromatic rings. The maximum Gasteiger partial charge on any atom is 0.416 e. The van der Waals surface area contributed by atoms with Gasteiger partial charge in [-0.05, 0) is 50.3 Å². The van der Waals surface area contributed by atoms with E-state index in [-0.39, 0.29) is 17.6 Å². The van der Waals surface area contributed by atoms with Gasteiger partial charge < -0.3 is 9.88 Å². The number of carbonyl (C=O) groups excluding carboxylic acids is 1. The monoisotopic (exact) mass is 410 g/mol. The Kier molecular flexibility index (Phi) is 5.62. The van der Waals surface area contributed by atoms with Crippen molar-refractivity contribution < 1.29 is 18.0 Å². The first kappa shape index (κ1) is 20.5. The highest BCUT2D eigenvalue weighted by atomic mass is 32.2. The molecule has 0 bridgehead atoms.